The van der Waals surface area contributed by atoms with Gasteiger partial charge in [-0.3, -0.25) is 0 Å². The summed E-state index contributed by atoms with van der Waals surface area (Å²) >= 11 is 0. The molecule has 0 aliphatic rings. The van der Waals surface area contributed by atoms with E-state index in [2.05, 4.69) is 180 Å². The highest BCUT2D eigenvalue weighted by Gasteiger charge is 2.20. The fourth-order valence-corrected chi connectivity index (χ4v) is 8.42. The van der Waals surface area contributed by atoms with Gasteiger partial charge in [-0.05, 0) is 62.3 Å². The summed E-state index contributed by atoms with van der Waals surface area (Å²) in [6.07, 6.45) is 0. The molecule has 0 aliphatic heterocycles. The predicted octanol–water partition coefficient (Wildman–Crippen LogP) is 13.7. The summed E-state index contributed by atoms with van der Waals surface area (Å²) in [6, 6.07) is 71.4. The first-order chi connectivity index (χ1) is 27.3. The Kier molecular flexibility index (Phi) is 7.17. The molecule has 3 nitrogen and oxygen atoms in total. The molecule has 0 N–H and O–H groups in total. The summed E-state index contributed by atoms with van der Waals surface area (Å²) in [7, 11) is 0. The molecule has 256 valence electrons. The van der Waals surface area contributed by atoms with Gasteiger partial charge in [-0.2, -0.15) is 0 Å². The van der Waals surface area contributed by atoms with E-state index in [4.69, 9.17) is 9.97 Å². The molecule has 0 unspecified atom stereocenters. The summed E-state index contributed by atoms with van der Waals surface area (Å²) in [4.78, 5) is 10.2. The zero-order valence-corrected chi connectivity index (χ0v) is 29.9. The van der Waals surface area contributed by atoms with Crippen LogP contribution < -0.4 is 0 Å². The van der Waals surface area contributed by atoms with Crippen LogP contribution in [-0.4, -0.2) is 14.5 Å². The summed E-state index contributed by atoms with van der Waals surface area (Å²) in [5.41, 5.74) is 10.7. The van der Waals surface area contributed by atoms with Gasteiger partial charge in [-0.1, -0.05) is 176 Å². The molecule has 0 spiro atoms. The minimum absolute atomic E-state index is 0.706. The maximum Gasteiger partial charge on any atom is 0.160 e. The number of hydrogen-bond acceptors (Lipinski definition) is 2. The molecule has 0 saturated heterocycles. The number of fused-ring (bicyclic) bond motifs is 10. The highest BCUT2D eigenvalue weighted by atomic mass is 15.0. The van der Waals surface area contributed by atoms with Crippen LogP contribution >= 0.6 is 0 Å². The number of rotatable bonds is 5. The van der Waals surface area contributed by atoms with Crippen LogP contribution in [0.5, 0.6) is 0 Å². The van der Waals surface area contributed by atoms with Gasteiger partial charge in [0.1, 0.15) is 0 Å². The molecule has 0 aliphatic carbocycles. The lowest BCUT2D eigenvalue weighted by Crippen LogP contribution is -1.97. The van der Waals surface area contributed by atoms with Gasteiger partial charge in [0, 0.05) is 38.5 Å². The van der Waals surface area contributed by atoms with E-state index >= 15 is 0 Å². The van der Waals surface area contributed by atoms with Gasteiger partial charge in [0.15, 0.2) is 5.82 Å². The van der Waals surface area contributed by atoms with Gasteiger partial charge in [-0.15, -0.1) is 0 Å². The van der Waals surface area contributed by atoms with Crippen LogP contribution in [0, 0.1) is 0 Å². The molecule has 0 bridgehead atoms. The van der Waals surface area contributed by atoms with Crippen LogP contribution in [0.15, 0.2) is 200 Å². The lowest BCUT2D eigenvalue weighted by atomic mass is 9.93. The first kappa shape index (κ1) is 31.2. The third-order valence-electron chi connectivity index (χ3n) is 11.0. The van der Waals surface area contributed by atoms with Gasteiger partial charge in [0.05, 0.1) is 22.4 Å². The van der Waals surface area contributed by atoms with Crippen molar-refractivity contribution >= 4 is 54.1 Å². The highest BCUT2D eigenvalue weighted by molar-refractivity contribution is 6.36. The standard InChI is InChI=1S/C52H33N3/c1-3-13-34(14-4-1)35-23-25-37(26-24-35)46-33-47(54-52(53-46)39-16-5-2-6-17-39)38-27-30-40(31-28-38)55-48-22-12-11-21-44(48)50-45-32-29-36-15-7-8-18-41(36)49(45)42-19-9-10-20-43(42)51(50)55/h1-33H. The third-order valence-corrected chi connectivity index (χ3v) is 11.0. The molecule has 11 rings (SSSR count). The summed E-state index contributed by atoms with van der Waals surface area (Å²) in [5, 5.41) is 10.2. The molecule has 0 radical (unpaired) electrons. The van der Waals surface area contributed by atoms with E-state index < -0.39 is 0 Å². The van der Waals surface area contributed by atoms with Crippen molar-refractivity contribution < 1.29 is 0 Å². The van der Waals surface area contributed by atoms with Crippen LogP contribution in [0.4, 0.5) is 0 Å². The summed E-state index contributed by atoms with van der Waals surface area (Å²) in [6.45, 7) is 0. The average Bonchev–Trinajstić information content (AvgIpc) is 3.62. The van der Waals surface area contributed by atoms with Gasteiger partial charge in [0.2, 0.25) is 0 Å². The fourth-order valence-electron chi connectivity index (χ4n) is 8.42. The zero-order valence-electron chi connectivity index (χ0n) is 29.9. The zero-order chi connectivity index (χ0) is 36.3. The molecule has 11 aromatic rings. The third kappa shape index (κ3) is 5.13. The number of aromatic nitrogens is 3. The Labute approximate surface area is 318 Å². The molecule has 2 heterocycles. The Morgan fingerprint density at radius 1 is 0.327 bits per heavy atom. The van der Waals surface area contributed by atoms with Crippen molar-refractivity contribution in [2.24, 2.45) is 0 Å². The predicted molar refractivity (Wildman–Crippen MR) is 231 cm³/mol. The second-order valence-corrected chi connectivity index (χ2v) is 14.1. The highest BCUT2D eigenvalue weighted by Crippen LogP contribution is 2.44. The number of nitrogens with zero attached hydrogens (tertiary/aromatic N) is 3. The van der Waals surface area contributed by atoms with Crippen molar-refractivity contribution in [2.45, 2.75) is 0 Å². The minimum Gasteiger partial charge on any atom is -0.309 e. The van der Waals surface area contributed by atoms with Crippen LogP contribution in [-0.2, 0) is 0 Å². The Hall–Kier alpha value is -7.36. The van der Waals surface area contributed by atoms with E-state index in [0.717, 1.165) is 33.8 Å². The van der Waals surface area contributed by atoms with E-state index in [-0.39, 0.29) is 0 Å². The van der Waals surface area contributed by atoms with Gasteiger partial charge >= 0.3 is 0 Å². The van der Waals surface area contributed by atoms with E-state index in [9.17, 15) is 0 Å². The summed E-state index contributed by atoms with van der Waals surface area (Å²) in [5.74, 6) is 0.706. The van der Waals surface area contributed by atoms with Crippen molar-refractivity contribution in [1.29, 1.82) is 0 Å². The van der Waals surface area contributed by atoms with E-state index in [1.54, 1.807) is 0 Å². The van der Waals surface area contributed by atoms with E-state index in [1.165, 1.54) is 65.3 Å². The van der Waals surface area contributed by atoms with Crippen molar-refractivity contribution in [3.63, 3.8) is 0 Å². The Bertz CT molecular complexity index is 3220. The molecule has 0 atom stereocenters. The molecule has 0 saturated carbocycles. The minimum atomic E-state index is 0.706. The molecule has 9 aromatic carbocycles. The Balaban J connectivity index is 1.09. The fraction of sp³-hybridized carbons (Fsp3) is 0. The molecule has 3 heteroatoms. The molecule has 0 fully saturated rings. The number of hydrogen-bond donors (Lipinski definition) is 0. The largest absolute Gasteiger partial charge is 0.309 e. The van der Waals surface area contributed by atoms with Crippen LogP contribution in [0.1, 0.15) is 0 Å². The van der Waals surface area contributed by atoms with Gasteiger partial charge in [0.25, 0.3) is 0 Å². The smallest absolute Gasteiger partial charge is 0.160 e. The average molecular weight is 700 g/mol. The van der Waals surface area contributed by atoms with Crippen LogP contribution in [0.25, 0.3) is 105 Å². The lowest BCUT2D eigenvalue weighted by molar-refractivity contribution is 1.17. The van der Waals surface area contributed by atoms with Gasteiger partial charge < -0.3 is 4.57 Å². The first-order valence-corrected chi connectivity index (χ1v) is 18.7. The van der Waals surface area contributed by atoms with Crippen molar-refractivity contribution in [2.75, 3.05) is 0 Å². The second kappa shape index (κ2) is 12.6. The SMILES string of the molecule is c1ccc(-c2ccc(-c3cc(-c4ccc(-n5c6ccccc6c6c7ccc8ccccc8c7c7ccccc7c65)cc4)nc(-c4ccccc4)n3)cc2)cc1. The monoisotopic (exact) mass is 699 g/mol. The lowest BCUT2D eigenvalue weighted by Gasteiger charge is -2.14. The van der Waals surface area contributed by atoms with Crippen LogP contribution in [0.2, 0.25) is 0 Å². The maximum absolute atomic E-state index is 5.14. The first-order valence-electron chi connectivity index (χ1n) is 18.7. The second-order valence-electron chi connectivity index (χ2n) is 14.1. The molecular weight excluding hydrogens is 667 g/mol. The molecule has 0 amide bonds. The Morgan fingerprint density at radius 2 is 0.855 bits per heavy atom. The maximum atomic E-state index is 5.14. The van der Waals surface area contributed by atoms with Crippen LogP contribution in [0.3, 0.4) is 0 Å². The quantitative estimate of drug-likeness (QED) is 0.167. The molecular formula is C52H33N3. The normalized spacial score (nSPS) is 11.6. The molecule has 2 aromatic heterocycles. The van der Waals surface area contributed by atoms with Crippen molar-refractivity contribution in [3.8, 4) is 50.7 Å². The molecule has 55 heavy (non-hydrogen) atoms. The number of benzene rings is 9. The van der Waals surface area contributed by atoms with Crippen molar-refractivity contribution in [3.05, 3.63) is 200 Å². The Morgan fingerprint density at radius 3 is 1.56 bits per heavy atom. The summed E-state index contributed by atoms with van der Waals surface area (Å²) < 4.78 is 2.44. The van der Waals surface area contributed by atoms with E-state index in [1.807, 2.05) is 24.3 Å². The number of para-hydroxylation sites is 1. The van der Waals surface area contributed by atoms with Gasteiger partial charge in [-0.25, -0.2) is 9.97 Å². The van der Waals surface area contributed by atoms with E-state index in [0.29, 0.717) is 5.82 Å². The van der Waals surface area contributed by atoms with Crippen molar-refractivity contribution in [1.82, 2.24) is 14.5 Å². The topological polar surface area (TPSA) is 30.7 Å².